The predicted octanol–water partition coefficient (Wildman–Crippen LogP) is 0.500. The van der Waals surface area contributed by atoms with Crippen LogP contribution in [-0.4, -0.2) is 54.4 Å². The minimum atomic E-state index is -0.548. The number of hydrogen-bond donors (Lipinski definition) is 3. The first-order valence-corrected chi connectivity index (χ1v) is 7.93. The number of benzene rings is 1. The van der Waals surface area contributed by atoms with Crippen molar-refractivity contribution in [1.82, 2.24) is 20.5 Å². The smallest absolute Gasteiger partial charge is 0.257 e. The van der Waals surface area contributed by atoms with E-state index in [-0.39, 0.29) is 41.9 Å². The molecule has 3 rings (SSSR count). The summed E-state index contributed by atoms with van der Waals surface area (Å²) in [5.41, 5.74) is 0.331. The minimum absolute atomic E-state index is 0. The Morgan fingerprint density at radius 1 is 1.32 bits per heavy atom. The topological polar surface area (TPSA) is 94.3 Å². The Morgan fingerprint density at radius 2 is 2.08 bits per heavy atom. The van der Waals surface area contributed by atoms with Gasteiger partial charge in [0.1, 0.15) is 5.56 Å². The van der Waals surface area contributed by atoms with E-state index in [1.807, 2.05) is 6.07 Å². The molecule has 0 bridgehead atoms. The van der Waals surface area contributed by atoms with Gasteiger partial charge >= 0.3 is 0 Å². The number of carbonyl (C=O) groups excluding carboxylic acids is 2. The molecule has 2 amide bonds. The number of amides is 2. The van der Waals surface area contributed by atoms with Crippen LogP contribution in [0.2, 0.25) is 0 Å². The standard InChI is InChI=1S/C17H20N4O3.ClH/c1-21(11-6-7-18-8-11)15(22)10-20-17(24)13-9-19-14-5-3-2-4-12(14)16(13)23;/h2-5,9,11,18H,6-8,10H2,1H3,(H,19,23)(H,20,24);1H. The van der Waals surface area contributed by atoms with Gasteiger partial charge in [0.05, 0.1) is 6.54 Å². The van der Waals surface area contributed by atoms with E-state index in [0.717, 1.165) is 19.5 Å². The number of halogens is 1. The number of aromatic nitrogens is 1. The molecule has 0 radical (unpaired) electrons. The van der Waals surface area contributed by atoms with Gasteiger partial charge in [-0.25, -0.2) is 0 Å². The number of aromatic amines is 1. The molecule has 7 nitrogen and oxygen atoms in total. The monoisotopic (exact) mass is 364 g/mol. The van der Waals surface area contributed by atoms with Gasteiger partial charge in [0.25, 0.3) is 5.91 Å². The molecule has 0 spiro atoms. The maximum Gasteiger partial charge on any atom is 0.257 e. The van der Waals surface area contributed by atoms with Gasteiger partial charge in [0.2, 0.25) is 11.3 Å². The number of carbonyl (C=O) groups is 2. The van der Waals surface area contributed by atoms with Crippen molar-refractivity contribution in [2.24, 2.45) is 0 Å². The maximum atomic E-state index is 12.4. The SMILES string of the molecule is CN(C(=O)CNC(=O)c1c[nH]c2ccccc2c1=O)C1CCNC1.Cl. The Labute approximate surface area is 151 Å². The highest BCUT2D eigenvalue weighted by atomic mass is 35.5. The summed E-state index contributed by atoms with van der Waals surface area (Å²) in [6.45, 7) is 1.53. The molecule has 0 saturated carbocycles. The van der Waals surface area contributed by atoms with Gasteiger partial charge < -0.3 is 20.5 Å². The van der Waals surface area contributed by atoms with Crippen molar-refractivity contribution < 1.29 is 9.59 Å². The number of fused-ring (bicyclic) bond motifs is 1. The van der Waals surface area contributed by atoms with Crippen LogP contribution in [0.3, 0.4) is 0 Å². The second kappa shape index (κ2) is 8.13. The Balaban J connectivity index is 0.00000225. The van der Waals surface area contributed by atoms with E-state index in [1.165, 1.54) is 6.20 Å². The fraction of sp³-hybridized carbons (Fsp3) is 0.353. The molecular formula is C17H21ClN4O3. The van der Waals surface area contributed by atoms with Gasteiger partial charge in [0.15, 0.2) is 0 Å². The highest BCUT2D eigenvalue weighted by Gasteiger charge is 2.23. The van der Waals surface area contributed by atoms with Gasteiger partial charge in [-0.15, -0.1) is 12.4 Å². The molecular weight excluding hydrogens is 344 g/mol. The van der Waals surface area contributed by atoms with Crippen molar-refractivity contribution in [3.63, 3.8) is 0 Å². The number of H-pyrrole nitrogens is 1. The van der Waals surface area contributed by atoms with Gasteiger partial charge in [-0.3, -0.25) is 14.4 Å². The van der Waals surface area contributed by atoms with Crippen LogP contribution in [0.5, 0.6) is 0 Å². The average molecular weight is 365 g/mol. The Kier molecular flexibility index (Phi) is 6.17. The molecule has 8 heteroatoms. The van der Waals surface area contributed by atoms with Crippen molar-refractivity contribution in [2.45, 2.75) is 12.5 Å². The van der Waals surface area contributed by atoms with E-state index in [1.54, 1.807) is 30.1 Å². The average Bonchev–Trinajstić information content (AvgIpc) is 3.14. The quantitative estimate of drug-likeness (QED) is 0.736. The molecule has 1 saturated heterocycles. The number of hydrogen-bond acceptors (Lipinski definition) is 4. The van der Waals surface area contributed by atoms with Crippen LogP contribution in [0.4, 0.5) is 0 Å². The zero-order valence-corrected chi connectivity index (χ0v) is 14.7. The Bertz CT molecular complexity index is 830. The third-order valence-electron chi connectivity index (χ3n) is 4.41. The van der Waals surface area contributed by atoms with Crippen molar-refractivity contribution in [3.05, 3.63) is 46.2 Å². The van der Waals surface area contributed by atoms with Crippen molar-refractivity contribution in [3.8, 4) is 0 Å². The summed E-state index contributed by atoms with van der Waals surface area (Å²) < 4.78 is 0. The molecule has 2 heterocycles. The summed E-state index contributed by atoms with van der Waals surface area (Å²) in [5, 5.41) is 6.18. The second-order valence-corrected chi connectivity index (χ2v) is 5.91. The molecule has 1 aromatic heterocycles. The molecule has 1 fully saturated rings. The lowest BCUT2D eigenvalue weighted by molar-refractivity contribution is -0.130. The highest BCUT2D eigenvalue weighted by Crippen LogP contribution is 2.08. The number of likely N-dealkylation sites (N-methyl/N-ethyl adjacent to an activating group) is 1. The molecule has 1 atom stereocenters. The van der Waals surface area contributed by atoms with E-state index in [2.05, 4.69) is 15.6 Å². The summed E-state index contributed by atoms with van der Waals surface area (Å²) in [4.78, 5) is 41.4. The largest absolute Gasteiger partial charge is 0.360 e. The number of rotatable bonds is 4. The highest BCUT2D eigenvalue weighted by molar-refractivity contribution is 5.98. The van der Waals surface area contributed by atoms with Crippen LogP contribution in [-0.2, 0) is 4.79 Å². The van der Waals surface area contributed by atoms with E-state index in [4.69, 9.17) is 0 Å². The zero-order chi connectivity index (χ0) is 17.1. The molecule has 2 aromatic rings. The second-order valence-electron chi connectivity index (χ2n) is 5.91. The van der Waals surface area contributed by atoms with Crippen LogP contribution in [0.25, 0.3) is 10.9 Å². The molecule has 1 aliphatic rings. The summed E-state index contributed by atoms with van der Waals surface area (Å²) in [6, 6.07) is 7.14. The predicted molar refractivity (Wildman–Crippen MR) is 98.2 cm³/mol. The van der Waals surface area contributed by atoms with Gasteiger partial charge in [-0.2, -0.15) is 0 Å². The molecule has 25 heavy (non-hydrogen) atoms. The first-order chi connectivity index (χ1) is 11.6. The van der Waals surface area contributed by atoms with Crippen LogP contribution in [0.1, 0.15) is 16.8 Å². The normalized spacial score (nSPS) is 16.3. The molecule has 1 unspecified atom stereocenters. The molecule has 3 N–H and O–H groups in total. The zero-order valence-electron chi connectivity index (χ0n) is 13.9. The Hall–Kier alpha value is -2.38. The summed E-state index contributed by atoms with van der Waals surface area (Å²) in [6.07, 6.45) is 2.29. The lowest BCUT2D eigenvalue weighted by atomic mass is 10.1. The van der Waals surface area contributed by atoms with Gasteiger partial charge in [-0.1, -0.05) is 12.1 Å². The van der Waals surface area contributed by atoms with Crippen LogP contribution in [0.15, 0.2) is 35.3 Å². The number of nitrogens with zero attached hydrogens (tertiary/aromatic N) is 1. The maximum absolute atomic E-state index is 12.4. The summed E-state index contributed by atoms with van der Waals surface area (Å²) in [5.74, 6) is -0.720. The van der Waals surface area contributed by atoms with Crippen LogP contribution in [0, 0.1) is 0 Å². The molecule has 134 valence electrons. The van der Waals surface area contributed by atoms with Gasteiger partial charge in [0, 0.05) is 36.7 Å². The van der Waals surface area contributed by atoms with Gasteiger partial charge in [-0.05, 0) is 25.1 Å². The van der Waals surface area contributed by atoms with E-state index in [0.29, 0.717) is 10.9 Å². The molecule has 1 aromatic carbocycles. The number of nitrogens with one attached hydrogen (secondary N) is 3. The Morgan fingerprint density at radius 3 is 2.80 bits per heavy atom. The van der Waals surface area contributed by atoms with E-state index in [9.17, 15) is 14.4 Å². The van der Waals surface area contributed by atoms with Crippen molar-refractivity contribution in [2.75, 3.05) is 26.7 Å². The molecule has 0 aliphatic carbocycles. The lowest BCUT2D eigenvalue weighted by Crippen LogP contribution is -2.44. The third-order valence-corrected chi connectivity index (χ3v) is 4.41. The van der Waals surface area contributed by atoms with Crippen molar-refractivity contribution >= 4 is 35.1 Å². The van der Waals surface area contributed by atoms with Crippen LogP contribution >= 0.6 is 12.4 Å². The van der Waals surface area contributed by atoms with E-state index >= 15 is 0 Å². The number of para-hydroxylation sites is 1. The fourth-order valence-corrected chi connectivity index (χ4v) is 2.89. The minimum Gasteiger partial charge on any atom is -0.360 e. The third kappa shape index (κ3) is 4.00. The molecule has 1 aliphatic heterocycles. The summed E-state index contributed by atoms with van der Waals surface area (Å²) >= 11 is 0. The first-order valence-electron chi connectivity index (χ1n) is 7.93. The first kappa shape index (κ1) is 19.0. The number of pyridine rings is 1. The van der Waals surface area contributed by atoms with Crippen molar-refractivity contribution in [1.29, 1.82) is 0 Å². The van der Waals surface area contributed by atoms with E-state index < -0.39 is 5.91 Å². The summed E-state index contributed by atoms with van der Waals surface area (Å²) in [7, 11) is 1.73. The fourth-order valence-electron chi connectivity index (χ4n) is 2.89. The van der Waals surface area contributed by atoms with Crippen LogP contribution < -0.4 is 16.1 Å². The lowest BCUT2D eigenvalue weighted by Gasteiger charge is -2.23.